The molecule has 0 aliphatic rings. The number of rotatable bonds is 8. The van der Waals surface area contributed by atoms with Crippen molar-refractivity contribution in [1.29, 1.82) is 0 Å². The lowest BCUT2D eigenvalue weighted by atomic mass is 10.2. The SMILES string of the molecule is C=CC(=O)OCCCOc1ccc(C(=O)Nc2ccc(F)cc2)cc1. The van der Waals surface area contributed by atoms with Gasteiger partial charge in [0.25, 0.3) is 5.91 Å². The topological polar surface area (TPSA) is 64.6 Å². The third-order valence-corrected chi connectivity index (χ3v) is 3.19. The van der Waals surface area contributed by atoms with Crippen LogP contribution in [0.15, 0.2) is 61.2 Å². The van der Waals surface area contributed by atoms with Crippen LogP contribution in [0.2, 0.25) is 0 Å². The molecule has 2 aromatic carbocycles. The van der Waals surface area contributed by atoms with Crippen molar-refractivity contribution >= 4 is 17.6 Å². The molecule has 0 saturated heterocycles. The maximum absolute atomic E-state index is 12.8. The van der Waals surface area contributed by atoms with Crippen molar-refractivity contribution in [2.24, 2.45) is 0 Å². The van der Waals surface area contributed by atoms with Crippen molar-refractivity contribution < 1.29 is 23.5 Å². The molecule has 0 aliphatic carbocycles. The highest BCUT2D eigenvalue weighted by Gasteiger charge is 2.06. The van der Waals surface area contributed by atoms with E-state index in [-0.39, 0.29) is 18.3 Å². The molecule has 0 fully saturated rings. The Hall–Kier alpha value is -3.15. The molecule has 0 radical (unpaired) electrons. The van der Waals surface area contributed by atoms with E-state index >= 15 is 0 Å². The van der Waals surface area contributed by atoms with Crippen LogP contribution in [-0.4, -0.2) is 25.1 Å². The van der Waals surface area contributed by atoms with E-state index in [0.717, 1.165) is 6.08 Å². The van der Waals surface area contributed by atoms with Crippen LogP contribution in [0, 0.1) is 5.82 Å². The molecule has 2 aromatic rings. The fourth-order valence-corrected chi connectivity index (χ4v) is 1.92. The third-order valence-electron chi connectivity index (χ3n) is 3.19. The van der Waals surface area contributed by atoms with E-state index in [2.05, 4.69) is 11.9 Å². The molecular formula is C19H18FNO4. The van der Waals surface area contributed by atoms with Gasteiger partial charge >= 0.3 is 5.97 Å². The lowest BCUT2D eigenvalue weighted by Gasteiger charge is -2.08. The van der Waals surface area contributed by atoms with E-state index in [1.165, 1.54) is 24.3 Å². The Morgan fingerprint density at radius 2 is 1.72 bits per heavy atom. The van der Waals surface area contributed by atoms with E-state index < -0.39 is 5.97 Å². The first-order chi connectivity index (χ1) is 12.1. The quantitative estimate of drug-likeness (QED) is 0.452. The first-order valence-electron chi connectivity index (χ1n) is 7.67. The second kappa shape index (κ2) is 9.22. The lowest BCUT2D eigenvalue weighted by Crippen LogP contribution is -2.11. The summed E-state index contributed by atoms with van der Waals surface area (Å²) in [6.45, 7) is 3.94. The average Bonchev–Trinajstić information content (AvgIpc) is 2.63. The molecule has 0 aromatic heterocycles. The third kappa shape index (κ3) is 6.10. The summed E-state index contributed by atoms with van der Waals surface area (Å²) in [6, 6.07) is 12.1. The molecule has 0 heterocycles. The molecule has 1 N–H and O–H groups in total. The first-order valence-corrected chi connectivity index (χ1v) is 7.67. The molecule has 0 atom stereocenters. The molecule has 130 valence electrons. The molecule has 0 spiro atoms. The van der Waals surface area contributed by atoms with Crippen LogP contribution in [0.5, 0.6) is 5.75 Å². The highest BCUT2D eigenvalue weighted by atomic mass is 19.1. The Kier molecular flexibility index (Phi) is 6.71. The second-order valence-corrected chi connectivity index (χ2v) is 5.06. The highest BCUT2D eigenvalue weighted by Crippen LogP contribution is 2.15. The number of carbonyl (C=O) groups is 2. The normalized spacial score (nSPS) is 9.96. The van der Waals surface area contributed by atoms with Crippen molar-refractivity contribution in [3.8, 4) is 5.75 Å². The van der Waals surface area contributed by atoms with Gasteiger partial charge in [-0.3, -0.25) is 4.79 Å². The summed E-state index contributed by atoms with van der Waals surface area (Å²) in [5.74, 6) is -0.516. The van der Waals surface area contributed by atoms with Crippen LogP contribution in [0.25, 0.3) is 0 Å². The smallest absolute Gasteiger partial charge is 0.330 e. The van der Waals surface area contributed by atoms with Crippen molar-refractivity contribution in [3.05, 3.63) is 72.6 Å². The maximum Gasteiger partial charge on any atom is 0.330 e. The summed E-state index contributed by atoms with van der Waals surface area (Å²) < 4.78 is 23.2. The largest absolute Gasteiger partial charge is 0.493 e. The predicted octanol–water partition coefficient (Wildman–Crippen LogP) is 3.58. The average molecular weight is 343 g/mol. The fourth-order valence-electron chi connectivity index (χ4n) is 1.92. The summed E-state index contributed by atoms with van der Waals surface area (Å²) in [7, 11) is 0. The van der Waals surface area contributed by atoms with Gasteiger partial charge in [0, 0.05) is 23.7 Å². The monoisotopic (exact) mass is 343 g/mol. The van der Waals surface area contributed by atoms with Gasteiger partial charge in [-0.1, -0.05) is 6.58 Å². The summed E-state index contributed by atoms with van der Waals surface area (Å²) >= 11 is 0. The summed E-state index contributed by atoms with van der Waals surface area (Å²) in [4.78, 5) is 23.0. The Balaban J connectivity index is 1.78. The van der Waals surface area contributed by atoms with E-state index in [9.17, 15) is 14.0 Å². The van der Waals surface area contributed by atoms with Crippen molar-refractivity contribution in [3.63, 3.8) is 0 Å². The molecule has 0 saturated carbocycles. The van der Waals surface area contributed by atoms with Gasteiger partial charge in [0.2, 0.25) is 0 Å². The maximum atomic E-state index is 12.8. The second-order valence-electron chi connectivity index (χ2n) is 5.06. The molecule has 0 bridgehead atoms. The standard InChI is InChI=1S/C19H18FNO4/c1-2-18(22)25-13-3-12-24-17-10-4-14(5-11-17)19(23)21-16-8-6-15(20)7-9-16/h2,4-11H,1,3,12-13H2,(H,21,23). The molecule has 25 heavy (non-hydrogen) atoms. The number of hydrogen-bond donors (Lipinski definition) is 1. The molecular weight excluding hydrogens is 325 g/mol. The van der Waals surface area contributed by atoms with Gasteiger partial charge in [0.1, 0.15) is 11.6 Å². The van der Waals surface area contributed by atoms with Crippen molar-refractivity contribution in [2.45, 2.75) is 6.42 Å². The minimum Gasteiger partial charge on any atom is -0.493 e. The molecule has 0 unspecified atom stereocenters. The van der Waals surface area contributed by atoms with Crippen LogP contribution in [0.3, 0.4) is 0 Å². The van der Waals surface area contributed by atoms with Gasteiger partial charge in [-0.15, -0.1) is 0 Å². The number of ether oxygens (including phenoxy) is 2. The van der Waals surface area contributed by atoms with Crippen molar-refractivity contribution in [1.82, 2.24) is 0 Å². The first kappa shape index (κ1) is 18.2. The van der Waals surface area contributed by atoms with E-state index in [4.69, 9.17) is 9.47 Å². The zero-order valence-corrected chi connectivity index (χ0v) is 13.5. The van der Waals surface area contributed by atoms with Gasteiger partial charge in [-0.05, 0) is 48.5 Å². The Labute approximate surface area is 145 Å². The summed E-state index contributed by atoms with van der Waals surface area (Å²) in [5.41, 5.74) is 0.970. The van der Waals surface area contributed by atoms with E-state index in [0.29, 0.717) is 30.0 Å². The molecule has 6 heteroatoms. The lowest BCUT2D eigenvalue weighted by molar-refractivity contribution is -0.137. The number of benzene rings is 2. The molecule has 5 nitrogen and oxygen atoms in total. The number of carbonyl (C=O) groups excluding carboxylic acids is 2. The number of esters is 1. The summed E-state index contributed by atoms with van der Waals surface area (Å²) in [6.07, 6.45) is 1.66. The Morgan fingerprint density at radius 3 is 2.36 bits per heavy atom. The van der Waals surface area contributed by atoms with Crippen LogP contribution >= 0.6 is 0 Å². The minimum absolute atomic E-state index is 0.253. The number of nitrogens with one attached hydrogen (secondary N) is 1. The Bertz CT molecular complexity index is 726. The van der Waals surface area contributed by atoms with Gasteiger partial charge in [0.05, 0.1) is 13.2 Å². The highest BCUT2D eigenvalue weighted by molar-refractivity contribution is 6.04. The van der Waals surface area contributed by atoms with E-state index in [1.54, 1.807) is 24.3 Å². The zero-order chi connectivity index (χ0) is 18.1. The Morgan fingerprint density at radius 1 is 1.04 bits per heavy atom. The minimum atomic E-state index is -0.462. The number of halogens is 1. The zero-order valence-electron chi connectivity index (χ0n) is 13.5. The van der Waals surface area contributed by atoms with Gasteiger partial charge in [-0.2, -0.15) is 0 Å². The van der Waals surface area contributed by atoms with Crippen molar-refractivity contribution in [2.75, 3.05) is 18.5 Å². The summed E-state index contributed by atoms with van der Waals surface area (Å²) in [5, 5.41) is 2.68. The van der Waals surface area contributed by atoms with Crippen LogP contribution in [0.1, 0.15) is 16.8 Å². The molecule has 2 rings (SSSR count). The van der Waals surface area contributed by atoms with Gasteiger partial charge < -0.3 is 14.8 Å². The number of hydrogen-bond acceptors (Lipinski definition) is 4. The van der Waals surface area contributed by atoms with Gasteiger partial charge in [0.15, 0.2) is 0 Å². The van der Waals surface area contributed by atoms with Crippen LogP contribution in [0.4, 0.5) is 10.1 Å². The van der Waals surface area contributed by atoms with Crippen LogP contribution in [-0.2, 0) is 9.53 Å². The fraction of sp³-hybridized carbons (Fsp3) is 0.158. The molecule has 1 amide bonds. The van der Waals surface area contributed by atoms with Crippen LogP contribution < -0.4 is 10.1 Å². The predicted molar refractivity (Wildman–Crippen MR) is 92.1 cm³/mol. The molecule has 0 aliphatic heterocycles. The number of amides is 1. The number of anilines is 1. The van der Waals surface area contributed by atoms with E-state index in [1.807, 2.05) is 0 Å². The van der Waals surface area contributed by atoms with Gasteiger partial charge in [-0.25, -0.2) is 9.18 Å².